The predicted molar refractivity (Wildman–Crippen MR) is 65.8 cm³/mol. The van der Waals surface area contributed by atoms with Crippen LogP contribution in [0.15, 0.2) is 0 Å². The molecule has 3 aliphatic heterocycles. The van der Waals surface area contributed by atoms with E-state index in [1.165, 1.54) is 25.7 Å². The van der Waals surface area contributed by atoms with E-state index in [4.69, 9.17) is 9.47 Å². The average molecular weight is 236 g/mol. The highest BCUT2D eigenvalue weighted by atomic mass is 16.7. The quantitative estimate of drug-likeness (QED) is 0.603. The van der Waals surface area contributed by atoms with E-state index in [-0.39, 0.29) is 16.8 Å². The third-order valence-corrected chi connectivity index (χ3v) is 6.44. The monoisotopic (exact) mass is 236 g/mol. The molecule has 5 rings (SSSR count). The van der Waals surface area contributed by atoms with E-state index in [9.17, 15) is 0 Å². The molecule has 0 aromatic carbocycles. The summed E-state index contributed by atoms with van der Waals surface area (Å²) in [7, 11) is 0. The summed E-state index contributed by atoms with van der Waals surface area (Å²) in [6.07, 6.45) is 5.59. The molecule has 0 aromatic heterocycles. The van der Waals surface area contributed by atoms with E-state index in [0.29, 0.717) is 23.9 Å². The van der Waals surface area contributed by atoms with Gasteiger partial charge in [-0.1, -0.05) is 13.8 Å². The Morgan fingerprint density at radius 3 is 2.53 bits per heavy atom. The van der Waals surface area contributed by atoms with Crippen LogP contribution in [-0.2, 0) is 9.47 Å². The van der Waals surface area contributed by atoms with Gasteiger partial charge in [0.2, 0.25) is 0 Å². The smallest absolute Gasteiger partial charge is 0.127 e. The molecule has 17 heavy (non-hydrogen) atoms. The standard InChI is InChI=1S/C15H24O2/c1-9-5-6-11-12-15(16-12)10(2)7-8-14(9,15)17-13(11,3)4/h9-12H,5-8H2,1-4H3/t9-,10-,11-,12+,14+,15+/m1/s1. The van der Waals surface area contributed by atoms with Crippen molar-refractivity contribution in [1.29, 1.82) is 0 Å². The van der Waals surface area contributed by atoms with Crippen molar-refractivity contribution < 1.29 is 9.47 Å². The summed E-state index contributed by atoms with van der Waals surface area (Å²) < 4.78 is 13.1. The van der Waals surface area contributed by atoms with Crippen LogP contribution in [0.25, 0.3) is 0 Å². The lowest BCUT2D eigenvalue weighted by Crippen LogP contribution is -2.60. The van der Waals surface area contributed by atoms with Gasteiger partial charge in [0, 0.05) is 5.92 Å². The van der Waals surface area contributed by atoms with Crippen molar-refractivity contribution in [1.82, 2.24) is 0 Å². The van der Waals surface area contributed by atoms with E-state index >= 15 is 0 Å². The third-order valence-electron chi connectivity index (χ3n) is 6.44. The minimum Gasteiger partial charge on any atom is -0.365 e. The van der Waals surface area contributed by atoms with Crippen LogP contribution in [0.4, 0.5) is 0 Å². The van der Waals surface area contributed by atoms with Crippen molar-refractivity contribution in [2.45, 2.75) is 76.3 Å². The molecule has 0 aromatic rings. The molecule has 2 spiro atoms. The molecular weight excluding hydrogens is 212 g/mol. The second-order valence-corrected chi connectivity index (χ2v) is 7.45. The van der Waals surface area contributed by atoms with Crippen LogP contribution in [-0.4, -0.2) is 22.9 Å². The van der Waals surface area contributed by atoms with Gasteiger partial charge in [-0.3, -0.25) is 0 Å². The van der Waals surface area contributed by atoms with Crippen LogP contribution >= 0.6 is 0 Å². The van der Waals surface area contributed by atoms with Gasteiger partial charge in [-0.05, 0) is 51.4 Å². The van der Waals surface area contributed by atoms with E-state index < -0.39 is 0 Å². The summed E-state index contributed by atoms with van der Waals surface area (Å²) in [6, 6.07) is 0. The van der Waals surface area contributed by atoms with Crippen LogP contribution in [0.2, 0.25) is 0 Å². The van der Waals surface area contributed by atoms with Gasteiger partial charge in [0.05, 0.1) is 11.7 Å². The third kappa shape index (κ3) is 0.952. The maximum absolute atomic E-state index is 6.71. The van der Waals surface area contributed by atoms with Gasteiger partial charge in [-0.15, -0.1) is 0 Å². The van der Waals surface area contributed by atoms with Crippen molar-refractivity contribution in [3.63, 3.8) is 0 Å². The molecule has 0 amide bonds. The Bertz CT molecular complexity index is 377. The predicted octanol–water partition coefficient (Wildman–Crippen LogP) is 3.15. The summed E-state index contributed by atoms with van der Waals surface area (Å²) in [5.74, 6) is 1.96. The Kier molecular flexibility index (Phi) is 1.75. The average Bonchev–Trinajstić information content (AvgIpc) is 2.94. The fourth-order valence-electron chi connectivity index (χ4n) is 5.49. The zero-order chi connectivity index (χ0) is 12.1. The largest absolute Gasteiger partial charge is 0.365 e. The van der Waals surface area contributed by atoms with E-state index in [1.54, 1.807) is 0 Å². The van der Waals surface area contributed by atoms with E-state index in [0.717, 1.165) is 0 Å². The fourth-order valence-corrected chi connectivity index (χ4v) is 5.49. The first-order valence-corrected chi connectivity index (χ1v) is 7.32. The Morgan fingerprint density at radius 2 is 1.76 bits per heavy atom. The van der Waals surface area contributed by atoms with Crippen LogP contribution in [0.5, 0.6) is 0 Å². The summed E-state index contributed by atoms with van der Waals surface area (Å²) in [5.41, 5.74) is 0.149. The number of rotatable bonds is 0. The molecule has 3 saturated heterocycles. The highest BCUT2D eigenvalue weighted by Gasteiger charge is 2.83. The van der Waals surface area contributed by atoms with Crippen LogP contribution in [0, 0.1) is 17.8 Å². The molecule has 2 bridgehead atoms. The molecule has 0 radical (unpaired) electrons. The van der Waals surface area contributed by atoms with Crippen LogP contribution in [0.3, 0.4) is 0 Å². The first kappa shape index (κ1) is 10.8. The molecule has 5 fully saturated rings. The van der Waals surface area contributed by atoms with E-state index in [2.05, 4.69) is 27.7 Å². The molecule has 5 aliphatic rings. The van der Waals surface area contributed by atoms with Crippen molar-refractivity contribution in [3.8, 4) is 0 Å². The number of hydrogen-bond acceptors (Lipinski definition) is 2. The minimum atomic E-state index is 0.0134. The lowest BCUT2D eigenvalue weighted by Gasteiger charge is -2.48. The number of ether oxygens (including phenoxy) is 2. The van der Waals surface area contributed by atoms with Gasteiger partial charge in [0.1, 0.15) is 11.2 Å². The number of fused-ring (bicyclic) bond motifs is 3. The van der Waals surface area contributed by atoms with Crippen LogP contribution < -0.4 is 0 Å². The topological polar surface area (TPSA) is 21.8 Å². The van der Waals surface area contributed by atoms with Crippen molar-refractivity contribution in [2.24, 2.45) is 17.8 Å². The van der Waals surface area contributed by atoms with Gasteiger partial charge in [0.15, 0.2) is 0 Å². The fraction of sp³-hybridized carbons (Fsp3) is 1.00. The minimum absolute atomic E-state index is 0.0134. The lowest BCUT2D eigenvalue weighted by molar-refractivity contribution is -0.210. The zero-order valence-corrected chi connectivity index (χ0v) is 11.5. The highest BCUT2D eigenvalue weighted by Crippen LogP contribution is 2.72. The van der Waals surface area contributed by atoms with Crippen molar-refractivity contribution in [2.75, 3.05) is 0 Å². The van der Waals surface area contributed by atoms with Gasteiger partial charge >= 0.3 is 0 Å². The summed E-state index contributed by atoms with van der Waals surface area (Å²) in [6.45, 7) is 9.33. The first-order valence-electron chi connectivity index (χ1n) is 7.32. The summed E-state index contributed by atoms with van der Waals surface area (Å²) >= 11 is 0. The Labute approximate surface area is 104 Å². The molecule has 0 unspecified atom stereocenters. The number of hydrogen-bond donors (Lipinski definition) is 0. The highest BCUT2D eigenvalue weighted by molar-refractivity contribution is 5.30. The Hall–Kier alpha value is -0.0800. The lowest BCUT2D eigenvalue weighted by atomic mass is 9.70. The Morgan fingerprint density at radius 1 is 1.00 bits per heavy atom. The SMILES string of the molecule is C[C@@H]1CC[C@]23OC(C)(C)[C@H](CC[C@H]2C)[C@@H]2O[C@@]123. The van der Waals surface area contributed by atoms with Gasteiger partial charge in [-0.2, -0.15) is 0 Å². The molecule has 2 aliphatic carbocycles. The van der Waals surface area contributed by atoms with Gasteiger partial charge in [0.25, 0.3) is 0 Å². The maximum atomic E-state index is 6.71. The van der Waals surface area contributed by atoms with Gasteiger partial charge < -0.3 is 9.47 Å². The molecule has 2 saturated carbocycles. The second kappa shape index (κ2) is 2.75. The molecule has 0 N–H and O–H groups in total. The second-order valence-electron chi connectivity index (χ2n) is 7.45. The Balaban J connectivity index is 1.90. The van der Waals surface area contributed by atoms with Crippen molar-refractivity contribution in [3.05, 3.63) is 0 Å². The van der Waals surface area contributed by atoms with Crippen LogP contribution in [0.1, 0.15) is 53.4 Å². The zero-order valence-electron chi connectivity index (χ0n) is 11.5. The molecule has 2 nitrogen and oxygen atoms in total. The molecule has 2 heteroatoms. The molecule has 96 valence electrons. The molecular formula is C15H24O2. The van der Waals surface area contributed by atoms with Crippen molar-refractivity contribution >= 4 is 0 Å². The van der Waals surface area contributed by atoms with Gasteiger partial charge in [-0.25, -0.2) is 0 Å². The molecule has 6 atom stereocenters. The summed E-state index contributed by atoms with van der Waals surface area (Å²) in [5, 5.41) is 0. The maximum Gasteiger partial charge on any atom is 0.127 e. The molecule has 3 heterocycles. The summed E-state index contributed by atoms with van der Waals surface area (Å²) in [4.78, 5) is 0. The van der Waals surface area contributed by atoms with E-state index in [1.807, 2.05) is 0 Å². The number of epoxide rings is 1. The first-order chi connectivity index (χ1) is 7.94. The normalized spacial score (nSPS) is 62.8.